The summed E-state index contributed by atoms with van der Waals surface area (Å²) in [6.45, 7) is 6.15. The molecule has 1 N–H and O–H groups in total. The molecule has 5 heteroatoms. The zero-order valence-corrected chi connectivity index (χ0v) is 10.0. The molecular formula is C10H16N2O2S. The van der Waals surface area contributed by atoms with Gasteiger partial charge in [-0.3, -0.25) is 14.2 Å². The highest BCUT2D eigenvalue weighted by atomic mass is 32.1. The zero-order valence-electron chi connectivity index (χ0n) is 9.19. The summed E-state index contributed by atoms with van der Waals surface area (Å²) in [5.41, 5.74) is 0. The molecule has 0 fully saturated rings. The average Bonchev–Trinajstić information content (AvgIpc) is 2.51. The molecular weight excluding hydrogens is 212 g/mol. The number of amides is 1. The van der Waals surface area contributed by atoms with E-state index in [1.807, 2.05) is 20.8 Å². The van der Waals surface area contributed by atoms with E-state index in [-0.39, 0.29) is 23.4 Å². The van der Waals surface area contributed by atoms with Gasteiger partial charge in [-0.2, -0.15) is 0 Å². The van der Waals surface area contributed by atoms with Crippen molar-refractivity contribution in [3.05, 3.63) is 21.2 Å². The lowest BCUT2D eigenvalue weighted by molar-refractivity contribution is -0.122. The van der Waals surface area contributed by atoms with Gasteiger partial charge in [-0.05, 0) is 12.8 Å². The van der Waals surface area contributed by atoms with Crippen molar-refractivity contribution in [2.75, 3.05) is 0 Å². The molecule has 0 bridgehead atoms. The molecule has 1 atom stereocenters. The number of hydrogen-bond donors (Lipinski definition) is 1. The first-order valence-corrected chi connectivity index (χ1v) is 5.82. The summed E-state index contributed by atoms with van der Waals surface area (Å²) in [5, 5.41) is 4.53. The van der Waals surface area contributed by atoms with Crippen LogP contribution in [0.1, 0.15) is 20.8 Å². The second-order valence-corrected chi connectivity index (χ2v) is 4.75. The quantitative estimate of drug-likeness (QED) is 0.838. The first-order chi connectivity index (χ1) is 7.00. The summed E-state index contributed by atoms with van der Waals surface area (Å²) in [5.74, 6) is 0.282. The number of nitrogens with zero attached hydrogens (tertiary/aromatic N) is 1. The van der Waals surface area contributed by atoms with E-state index in [1.54, 1.807) is 11.6 Å². The molecule has 1 unspecified atom stereocenters. The van der Waals surface area contributed by atoms with Crippen LogP contribution in [0, 0.1) is 5.92 Å². The molecule has 1 amide bonds. The van der Waals surface area contributed by atoms with Gasteiger partial charge in [-0.25, -0.2) is 0 Å². The second-order valence-electron chi connectivity index (χ2n) is 3.90. The van der Waals surface area contributed by atoms with Crippen LogP contribution in [0.5, 0.6) is 0 Å². The zero-order chi connectivity index (χ0) is 11.4. The molecule has 0 saturated carbocycles. The molecule has 84 valence electrons. The van der Waals surface area contributed by atoms with Gasteiger partial charge in [0.2, 0.25) is 5.91 Å². The third-order valence-electron chi connectivity index (χ3n) is 2.35. The van der Waals surface area contributed by atoms with Gasteiger partial charge in [0.25, 0.3) is 0 Å². The molecule has 0 saturated heterocycles. The van der Waals surface area contributed by atoms with Crippen LogP contribution < -0.4 is 10.2 Å². The van der Waals surface area contributed by atoms with E-state index in [4.69, 9.17) is 0 Å². The highest BCUT2D eigenvalue weighted by Gasteiger charge is 2.11. The van der Waals surface area contributed by atoms with Gasteiger partial charge in [0.05, 0.1) is 0 Å². The first kappa shape index (κ1) is 12.0. The van der Waals surface area contributed by atoms with E-state index in [1.165, 1.54) is 4.57 Å². The average molecular weight is 228 g/mol. The Labute approximate surface area is 92.9 Å². The van der Waals surface area contributed by atoms with Gasteiger partial charge in [-0.15, -0.1) is 0 Å². The molecule has 4 nitrogen and oxygen atoms in total. The maximum Gasteiger partial charge on any atom is 0.307 e. The van der Waals surface area contributed by atoms with E-state index in [0.29, 0.717) is 5.92 Å². The predicted molar refractivity (Wildman–Crippen MR) is 61.0 cm³/mol. The number of thiazole rings is 1. The van der Waals surface area contributed by atoms with Gasteiger partial charge >= 0.3 is 4.87 Å². The molecule has 0 aliphatic carbocycles. The van der Waals surface area contributed by atoms with Crippen LogP contribution in [-0.4, -0.2) is 16.5 Å². The van der Waals surface area contributed by atoms with Gasteiger partial charge < -0.3 is 5.32 Å². The highest BCUT2D eigenvalue weighted by molar-refractivity contribution is 7.07. The van der Waals surface area contributed by atoms with Crippen LogP contribution in [0.2, 0.25) is 0 Å². The van der Waals surface area contributed by atoms with Crippen LogP contribution in [-0.2, 0) is 11.3 Å². The van der Waals surface area contributed by atoms with E-state index in [9.17, 15) is 9.59 Å². The van der Waals surface area contributed by atoms with E-state index in [2.05, 4.69) is 5.32 Å². The summed E-state index contributed by atoms with van der Waals surface area (Å²) in [4.78, 5) is 22.6. The molecule has 15 heavy (non-hydrogen) atoms. The summed E-state index contributed by atoms with van der Waals surface area (Å²) in [6, 6.07) is 0.131. The summed E-state index contributed by atoms with van der Waals surface area (Å²) in [6.07, 6.45) is 1.63. The number of aromatic nitrogens is 1. The number of hydrogen-bond acceptors (Lipinski definition) is 3. The van der Waals surface area contributed by atoms with Gasteiger partial charge in [0.1, 0.15) is 6.54 Å². The lowest BCUT2D eigenvalue weighted by Gasteiger charge is -2.17. The van der Waals surface area contributed by atoms with Gasteiger partial charge in [0, 0.05) is 17.6 Å². The number of nitrogens with one attached hydrogen (secondary N) is 1. The smallest absolute Gasteiger partial charge is 0.307 e. The molecule has 1 aromatic heterocycles. The molecule has 0 spiro atoms. The molecule has 0 aromatic carbocycles. The van der Waals surface area contributed by atoms with Crippen molar-refractivity contribution in [3.63, 3.8) is 0 Å². The Balaban J connectivity index is 2.50. The molecule has 0 aliphatic rings. The Kier molecular flexibility index (Phi) is 4.08. The minimum atomic E-state index is -0.114. The third kappa shape index (κ3) is 3.51. The van der Waals surface area contributed by atoms with E-state index in [0.717, 1.165) is 11.3 Å². The Morgan fingerprint density at radius 1 is 1.53 bits per heavy atom. The van der Waals surface area contributed by atoms with Crippen LogP contribution in [0.15, 0.2) is 16.4 Å². The molecule has 1 heterocycles. The standard InChI is InChI=1S/C10H16N2O2S/c1-7(2)8(3)11-9(13)6-12-4-5-15-10(12)14/h4-5,7-8H,6H2,1-3H3,(H,11,13). The third-order valence-corrected chi connectivity index (χ3v) is 3.04. The van der Waals surface area contributed by atoms with E-state index >= 15 is 0 Å². The van der Waals surface area contributed by atoms with Crippen molar-refractivity contribution in [2.45, 2.75) is 33.4 Å². The predicted octanol–water partition coefficient (Wildman–Crippen LogP) is 1.07. The fourth-order valence-electron chi connectivity index (χ4n) is 1.03. The summed E-state index contributed by atoms with van der Waals surface area (Å²) in [7, 11) is 0. The minimum absolute atomic E-state index is 0.0950. The van der Waals surface area contributed by atoms with Gasteiger partial charge in [0.15, 0.2) is 0 Å². The number of carbonyl (C=O) groups is 1. The van der Waals surface area contributed by atoms with Crippen LogP contribution in [0.4, 0.5) is 0 Å². The Bertz CT molecular complexity index is 381. The Morgan fingerprint density at radius 3 is 2.67 bits per heavy atom. The largest absolute Gasteiger partial charge is 0.352 e. The van der Waals surface area contributed by atoms with Crippen molar-refractivity contribution in [2.24, 2.45) is 5.92 Å². The lowest BCUT2D eigenvalue weighted by atomic mass is 10.1. The first-order valence-electron chi connectivity index (χ1n) is 4.94. The van der Waals surface area contributed by atoms with Crippen molar-refractivity contribution < 1.29 is 4.79 Å². The van der Waals surface area contributed by atoms with Crippen molar-refractivity contribution in [3.8, 4) is 0 Å². The maximum absolute atomic E-state index is 11.5. The maximum atomic E-state index is 11.5. The van der Waals surface area contributed by atoms with Crippen molar-refractivity contribution >= 4 is 17.2 Å². The lowest BCUT2D eigenvalue weighted by Crippen LogP contribution is -2.39. The minimum Gasteiger partial charge on any atom is -0.352 e. The van der Waals surface area contributed by atoms with Crippen LogP contribution >= 0.6 is 11.3 Å². The monoisotopic (exact) mass is 228 g/mol. The normalized spacial score (nSPS) is 12.8. The summed E-state index contributed by atoms with van der Waals surface area (Å²) >= 11 is 1.10. The SMILES string of the molecule is CC(C)C(C)NC(=O)Cn1ccsc1=O. The van der Waals surface area contributed by atoms with E-state index < -0.39 is 0 Å². The number of carbonyl (C=O) groups excluding carboxylic acids is 1. The molecule has 0 aliphatic heterocycles. The molecule has 0 radical (unpaired) electrons. The Hall–Kier alpha value is -1.10. The fourth-order valence-corrected chi connectivity index (χ4v) is 1.61. The summed E-state index contributed by atoms with van der Waals surface area (Å²) < 4.78 is 1.41. The van der Waals surface area contributed by atoms with Crippen molar-refractivity contribution in [1.82, 2.24) is 9.88 Å². The van der Waals surface area contributed by atoms with Crippen molar-refractivity contribution in [1.29, 1.82) is 0 Å². The second kappa shape index (κ2) is 5.11. The van der Waals surface area contributed by atoms with Crippen LogP contribution in [0.3, 0.4) is 0 Å². The van der Waals surface area contributed by atoms with Crippen LogP contribution in [0.25, 0.3) is 0 Å². The topological polar surface area (TPSA) is 51.1 Å². The Morgan fingerprint density at radius 2 is 2.20 bits per heavy atom. The number of rotatable bonds is 4. The highest BCUT2D eigenvalue weighted by Crippen LogP contribution is 1.99. The fraction of sp³-hybridized carbons (Fsp3) is 0.600. The van der Waals surface area contributed by atoms with Gasteiger partial charge in [-0.1, -0.05) is 25.2 Å². The molecule has 1 rings (SSSR count). The molecule has 1 aromatic rings.